The lowest BCUT2D eigenvalue weighted by Crippen LogP contribution is -2.35. The van der Waals surface area contributed by atoms with Gasteiger partial charge < -0.3 is 24.9 Å². The first-order valence-corrected chi connectivity index (χ1v) is 11.3. The highest BCUT2D eigenvalue weighted by Crippen LogP contribution is 2.22. The number of nitrogens with two attached hydrogens (primary N) is 1. The number of alkyl carbamates (subject to hydrolysis) is 1. The van der Waals surface area contributed by atoms with Gasteiger partial charge in [-0.05, 0) is 62.4 Å². The number of aromatic nitrogens is 3. The van der Waals surface area contributed by atoms with Crippen LogP contribution in [0.3, 0.4) is 0 Å². The molecule has 0 saturated heterocycles. The topological polar surface area (TPSA) is 121 Å². The molecule has 0 atom stereocenters. The molecular formula is C21H32BrN5O4. The molecule has 0 spiro atoms. The molecule has 0 unspecified atom stereocenters. The van der Waals surface area contributed by atoms with Crippen LogP contribution >= 0.6 is 15.9 Å². The average Bonchev–Trinajstić information content (AvgIpc) is 3.11. The minimum atomic E-state index is -0.471. The highest BCUT2D eigenvalue weighted by molar-refractivity contribution is 9.10. The number of ether oxygens (including phenoxy) is 2. The van der Waals surface area contributed by atoms with Gasteiger partial charge in [0, 0.05) is 18.9 Å². The Labute approximate surface area is 191 Å². The second-order valence-corrected chi connectivity index (χ2v) is 9.23. The van der Waals surface area contributed by atoms with Gasteiger partial charge in [0.2, 0.25) is 0 Å². The maximum absolute atomic E-state index is 11.4. The molecule has 2 aromatic rings. The average molecular weight is 498 g/mol. The molecule has 172 valence electrons. The maximum atomic E-state index is 11.4. The molecule has 3 rings (SSSR count). The lowest BCUT2D eigenvalue weighted by Gasteiger charge is -2.24. The number of hydrogen-bond acceptors (Lipinski definition) is 7. The number of halogens is 1. The molecule has 3 N–H and O–H groups in total. The second kappa shape index (κ2) is 11.3. The van der Waals surface area contributed by atoms with Crippen LogP contribution in [0.25, 0.3) is 5.65 Å². The summed E-state index contributed by atoms with van der Waals surface area (Å²) in [6.45, 7) is 8.47. The van der Waals surface area contributed by atoms with Crippen molar-refractivity contribution in [3.05, 3.63) is 22.7 Å². The first kappa shape index (κ1) is 24.9. The number of nitrogens with zero attached hydrogens (tertiary/aromatic N) is 3. The van der Waals surface area contributed by atoms with E-state index < -0.39 is 11.6 Å². The van der Waals surface area contributed by atoms with E-state index in [1.165, 1.54) is 32.1 Å². The molecule has 0 aromatic carbocycles. The van der Waals surface area contributed by atoms with Crippen molar-refractivity contribution in [3.63, 3.8) is 0 Å². The summed E-state index contributed by atoms with van der Waals surface area (Å²) < 4.78 is 12.2. The quantitative estimate of drug-likeness (QED) is 0.602. The Morgan fingerprint density at radius 2 is 1.90 bits per heavy atom. The zero-order valence-corrected chi connectivity index (χ0v) is 20.2. The van der Waals surface area contributed by atoms with Crippen LogP contribution in [0.4, 0.5) is 10.6 Å². The molecule has 1 aliphatic carbocycles. The summed E-state index contributed by atoms with van der Waals surface area (Å²) in [4.78, 5) is 30.8. The van der Waals surface area contributed by atoms with Crippen LogP contribution in [0.5, 0.6) is 0 Å². The standard InChI is InChI=1S/C12H23NO2.C9H9BrN4O2/c1-12(2,3)15-11(14)13-9-10-7-5-4-6-8-10;1-2-16-9(15)5-3-14-4-6(10)13-7(11)8(14)12-5/h10H,4-9H2,1-3H3,(H,13,14);3-4H,2H2,1H3,(H2,11,13). The molecule has 0 bridgehead atoms. The van der Waals surface area contributed by atoms with Crippen LogP contribution in [-0.2, 0) is 9.47 Å². The number of nitrogens with one attached hydrogen (secondary N) is 1. The lowest BCUT2D eigenvalue weighted by molar-refractivity contribution is 0.0507. The Morgan fingerprint density at radius 3 is 2.52 bits per heavy atom. The summed E-state index contributed by atoms with van der Waals surface area (Å²) in [6.07, 6.45) is 9.39. The summed E-state index contributed by atoms with van der Waals surface area (Å²) in [5.41, 5.74) is 5.93. The van der Waals surface area contributed by atoms with E-state index in [-0.39, 0.29) is 17.6 Å². The molecule has 1 aliphatic rings. The zero-order chi connectivity index (χ0) is 23.0. The van der Waals surface area contributed by atoms with Crippen molar-refractivity contribution >= 4 is 39.5 Å². The Morgan fingerprint density at radius 1 is 1.23 bits per heavy atom. The van der Waals surface area contributed by atoms with Gasteiger partial charge in [-0.1, -0.05) is 19.3 Å². The fourth-order valence-corrected chi connectivity index (χ4v) is 3.64. The molecule has 0 radical (unpaired) electrons. The number of rotatable bonds is 4. The van der Waals surface area contributed by atoms with Crippen LogP contribution in [0.2, 0.25) is 0 Å². The van der Waals surface area contributed by atoms with Crippen molar-refractivity contribution < 1.29 is 19.1 Å². The number of anilines is 1. The third kappa shape index (κ3) is 8.35. The molecule has 1 fully saturated rings. The van der Waals surface area contributed by atoms with Crippen molar-refractivity contribution in [1.29, 1.82) is 0 Å². The number of imidazole rings is 1. The summed E-state index contributed by atoms with van der Waals surface area (Å²) in [5, 5.41) is 2.85. The Balaban J connectivity index is 0.000000221. The fraction of sp³-hybridized carbons (Fsp3) is 0.619. The summed E-state index contributed by atoms with van der Waals surface area (Å²) in [7, 11) is 0. The minimum absolute atomic E-state index is 0.216. The molecule has 0 aliphatic heterocycles. The molecule has 31 heavy (non-hydrogen) atoms. The minimum Gasteiger partial charge on any atom is -0.461 e. The van der Waals surface area contributed by atoms with Crippen LogP contribution < -0.4 is 11.1 Å². The molecule has 1 amide bonds. The molecule has 2 heterocycles. The van der Waals surface area contributed by atoms with E-state index in [1.54, 1.807) is 23.7 Å². The first-order valence-electron chi connectivity index (χ1n) is 10.5. The van der Waals surface area contributed by atoms with E-state index in [2.05, 4.69) is 31.2 Å². The normalized spacial score (nSPS) is 14.5. The number of carbonyl (C=O) groups excluding carboxylic acids is 2. The summed E-state index contributed by atoms with van der Waals surface area (Å²) >= 11 is 3.20. The third-order valence-electron chi connectivity index (χ3n) is 4.58. The van der Waals surface area contributed by atoms with Gasteiger partial charge in [-0.3, -0.25) is 0 Å². The van der Waals surface area contributed by atoms with E-state index in [9.17, 15) is 9.59 Å². The van der Waals surface area contributed by atoms with Crippen LogP contribution in [-0.4, -0.2) is 45.2 Å². The van der Waals surface area contributed by atoms with Gasteiger partial charge in [0.15, 0.2) is 17.2 Å². The molecule has 10 heteroatoms. The molecular weight excluding hydrogens is 466 g/mol. The van der Waals surface area contributed by atoms with Gasteiger partial charge in [0.1, 0.15) is 10.2 Å². The van der Waals surface area contributed by atoms with Crippen LogP contribution in [0.15, 0.2) is 17.0 Å². The van der Waals surface area contributed by atoms with E-state index >= 15 is 0 Å². The van der Waals surface area contributed by atoms with Gasteiger partial charge in [-0.2, -0.15) is 0 Å². The van der Waals surface area contributed by atoms with E-state index in [4.69, 9.17) is 15.2 Å². The maximum Gasteiger partial charge on any atom is 0.407 e. The number of hydrogen-bond donors (Lipinski definition) is 2. The van der Waals surface area contributed by atoms with Gasteiger partial charge in [0.25, 0.3) is 0 Å². The Hall–Kier alpha value is -2.36. The lowest BCUT2D eigenvalue weighted by atomic mass is 9.89. The highest BCUT2D eigenvalue weighted by atomic mass is 79.9. The molecule has 9 nitrogen and oxygen atoms in total. The van der Waals surface area contributed by atoms with Crippen LogP contribution in [0, 0.1) is 5.92 Å². The Kier molecular flexibility index (Phi) is 9.09. The van der Waals surface area contributed by atoms with E-state index in [1.807, 2.05) is 20.8 Å². The monoisotopic (exact) mass is 497 g/mol. The summed E-state index contributed by atoms with van der Waals surface area (Å²) in [5.74, 6) is 0.443. The first-order chi connectivity index (χ1) is 14.6. The van der Waals surface area contributed by atoms with Gasteiger partial charge in [-0.15, -0.1) is 0 Å². The second-order valence-electron chi connectivity index (χ2n) is 8.41. The SMILES string of the molecule is CC(C)(C)OC(=O)NCC1CCCCC1.CCOC(=O)c1cn2cc(Br)nc(N)c2n1. The fourth-order valence-electron chi connectivity index (χ4n) is 3.23. The molecule has 2 aromatic heterocycles. The van der Waals surface area contributed by atoms with E-state index in [0.29, 0.717) is 22.8 Å². The van der Waals surface area contributed by atoms with Gasteiger partial charge >= 0.3 is 12.1 Å². The largest absolute Gasteiger partial charge is 0.461 e. The van der Waals surface area contributed by atoms with Crippen molar-refractivity contribution in [2.75, 3.05) is 18.9 Å². The van der Waals surface area contributed by atoms with Crippen molar-refractivity contribution in [1.82, 2.24) is 19.7 Å². The number of fused-ring (bicyclic) bond motifs is 1. The number of esters is 1. The van der Waals surface area contributed by atoms with Crippen molar-refractivity contribution in [3.8, 4) is 0 Å². The van der Waals surface area contributed by atoms with Gasteiger partial charge in [-0.25, -0.2) is 19.6 Å². The van der Waals surface area contributed by atoms with Crippen molar-refractivity contribution in [2.45, 2.75) is 65.4 Å². The van der Waals surface area contributed by atoms with Crippen LogP contribution in [0.1, 0.15) is 70.3 Å². The Bertz CT molecular complexity index is 888. The number of nitrogen functional groups attached to an aromatic ring is 1. The summed E-state index contributed by atoms with van der Waals surface area (Å²) in [6, 6.07) is 0. The smallest absolute Gasteiger partial charge is 0.407 e. The number of carbonyl (C=O) groups is 2. The predicted molar refractivity (Wildman–Crippen MR) is 122 cm³/mol. The zero-order valence-electron chi connectivity index (χ0n) is 18.6. The molecule has 1 saturated carbocycles. The van der Waals surface area contributed by atoms with Crippen molar-refractivity contribution in [2.24, 2.45) is 5.92 Å². The van der Waals surface area contributed by atoms with Gasteiger partial charge in [0.05, 0.1) is 6.61 Å². The third-order valence-corrected chi connectivity index (χ3v) is 4.96. The number of amides is 1. The van der Waals surface area contributed by atoms with E-state index in [0.717, 1.165) is 6.54 Å². The highest BCUT2D eigenvalue weighted by Gasteiger charge is 2.18. The predicted octanol–water partition coefficient (Wildman–Crippen LogP) is 4.34.